The van der Waals surface area contributed by atoms with E-state index in [9.17, 15) is 13.2 Å². The maximum absolute atomic E-state index is 11.9. The fourth-order valence-electron chi connectivity index (χ4n) is 1.81. The van der Waals surface area contributed by atoms with Crippen molar-refractivity contribution in [2.45, 2.75) is 31.3 Å². The molecule has 0 aromatic heterocycles. The van der Waals surface area contributed by atoms with Gasteiger partial charge in [-0.1, -0.05) is 0 Å². The summed E-state index contributed by atoms with van der Waals surface area (Å²) in [6.07, 6.45) is -2.69. The summed E-state index contributed by atoms with van der Waals surface area (Å²) >= 11 is 0. The number of rotatable bonds is 4. The van der Waals surface area contributed by atoms with Crippen LogP contribution in [0, 0.1) is 0 Å². The molecule has 0 unspecified atom stereocenters. The molecule has 0 atom stereocenters. The van der Waals surface area contributed by atoms with Crippen LogP contribution in [0.4, 0.5) is 13.2 Å². The van der Waals surface area contributed by atoms with Gasteiger partial charge in [-0.2, -0.15) is 0 Å². The van der Waals surface area contributed by atoms with Crippen molar-refractivity contribution in [3.05, 3.63) is 24.3 Å². The topological polar surface area (TPSA) is 30.5 Å². The third-order valence-electron chi connectivity index (χ3n) is 2.86. The molecule has 0 amide bonds. The van der Waals surface area contributed by atoms with Gasteiger partial charge in [-0.05, 0) is 44.2 Å². The summed E-state index contributed by atoms with van der Waals surface area (Å²) in [7, 11) is 1.89. The number of benzene rings is 1. The second-order valence-electron chi connectivity index (χ2n) is 4.22. The van der Waals surface area contributed by atoms with E-state index in [1.807, 2.05) is 7.05 Å². The minimum absolute atomic E-state index is 0.136. The Balaban J connectivity index is 1.85. The van der Waals surface area contributed by atoms with E-state index in [1.54, 1.807) is 0 Å². The first-order valence-corrected chi connectivity index (χ1v) is 5.66. The van der Waals surface area contributed by atoms with E-state index in [4.69, 9.17) is 4.74 Å². The molecule has 100 valence electrons. The highest BCUT2D eigenvalue weighted by molar-refractivity contribution is 5.31. The maximum atomic E-state index is 11.9. The Morgan fingerprint density at radius 2 is 1.67 bits per heavy atom. The maximum Gasteiger partial charge on any atom is 0.573 e. The molecule has 0 aliphatic heterocycles. The number of hydrogen-bond donors (Lipinski definition) is 1. The van der Waals surface area contributed by atoms with Gasteiger partial charge in [0.15, 0.2) is 0 Å². The molecule has 1 aromatic carbocycles. The van der Waals surface area contributed by atoms with Gasteiger partial charge in [0.1, 0.15) is 17.6 Å². The number of alkyl halides is 3. The van der Waals surface area contributed by atoms with E-state index in [1.165, 1.54) is 24.3 Å². The van der Waals surface area contributed by atoms with E-state index >= 15 is 0 Å². The van der Waals surface area contributed by atoms with Gasteiger partial charge in [0, 0.05) is 6.04 Å². The Kier molecular flexibility index (Phi) is 3.65. The molecule has 1 aliphatic carbocycles. The summed E-state index contributed by atoms with van der Waals surface area (Å²) in [5, 5.41) is 3.13. The highest BCUT2D eigenvalue weighted by Crippen LogP contribution is 2.28. The van der Waals surface area contributed by atoms with Crippen molar-refractivity contribution in [3.8, 4) is 11.5 Å². The van der Waals surface area contributed by atoms with Crippen molar-refractivity contribution in [2.24, 2.45) is 0 Å². The lowest BCUT2D eigenvalue weighted by Crippen LogP contribution is -2.45. The predicted molar refractivity (Wildman–Crippen MR) is 59.6 cm³/mol. The zero-order chi connectivity index (χ0) is 13.2. The van der Waals surface area contributed by atoms with Crippen LogP contribution in [0.5, 0.6) is 11.5 Å². The third-order valence-corrected chi connectivity index (χ3v) is 2.86. The molecular weight excluding hydrogens is 247 g/mol. The van der Waals surface area contributed by atoms with Crippen LogP contribution in [0.25, 0.3) is 0 Å². The van der Waals surface area contributed by atoms with Crippen molar-refractivity contribution in [3.63, 3.8) is 0 Å². The van der Waals surface area contributed by atoms with Gasteiger partial charge in [-0.25, -0.2) is 0 Å². The highest BCUT2D eigenvalue weighted by Gasteiger charge is 2.31. The van der Waals surface area contributed by atoms with Gasteiger partial charge < -0.3 is 14.8 Å². The molecule has 2 rings (SSSR count). The highest BCUT2D eigenvalue weighted by atomic mass is 19.4. The van der Waals surface area contributed by atoms with Gasteiger partial charge >= 0.3 is 6.36 Å². The third kappa shape index (κ3) is 3.53. The van der Waals surface area contributed by atoms with Crippen LogP contribution in [-0.4, -0.2) is 25.6 Å². The zero-order valence-corrected chi connectivity index (χ0v) is 9.83. The Labute approximate surface area is 103 Å². The largest absolute Gasteiger partial charge is 0.573 e. The first kappa shape index (κ1) is 13.0. The van der Waals surface area contributed by atoms with E-state index in [0.29, 0.717) is 11.8 Å². The fraction of sp³-hybridized carbons (Fsp3) is 0.500. The van der Waals surface area contributed by atoms with Crippen LogP contribution in [-0.2, 0) is 0 Å². The zero-order valence-electron chi connectivity index (χ0n) is 9.83. The lowest BCUT2D eigenvalue weighted by atomic mass is 9.89. The lowest BCUT2D eigenvalue weighted by Gasteiger charge is -2.35. The van der Waals surface area contributed by atoms with Crippen molar-refractivity contribution in [1.29, 1.82) is 0 Å². The fourth-order valence-corrected chi connectivity index (χ4v) is 1.81. The Hall–Kier alpha value is -1.43. The lowest BCUT2D eigenvalue weighted by molar-refractivity contribution is -0.274. The van der Waals surface area contributed by atoms with Gasteiger partial charge in [-0.15, -0.1) is 13.2 Å². The number of ether oxygens (including phenoxy) is 2. The average Bonchev–Trinajstić information content (AvgIpc) is 2.23. The number of nitrogens with one attached hydrogen (secondary N) is 1. The molecule has 0 saturated heterocycles. The molecule has 18 heavy (non-hydrogen) atoms. The molecule has 0 radical (unpaired) electrons. The van der Waals surface area contributed by atoms with Crippen LogP contribution in [0.3, 0.4) is 0 Å². The van der Waals surface area contributed by atoms with E-state index in [0.717, 1.165) is 12.8 Å². The van der Waals surface area contributed by atoms with Crippen LogP contribution in [0.1, 0.15) is 12.8 Å². The van der Waals surface area contributed by atoms with Crippen molar-refractivity contribution >= 4 is 0 Å². The molecule has 1 N–H and O–H groups in total. The minimum atomic E-state index is -4.66. The Morgan fingerprint density at radius 3 is 2.17 bits per heavy atom. The SMILES string of the molecule is CNC1CC(Oc2ccc(OC(F)(F)F)cc2)C1. The predicted octanol–water partition coefficient (Wildman–Crippen LogP) is 2.71. The van der Waals surface area contributed by atoms with Crippen LogP contribution in [0.15, 0.2) is 24.3 Å². The van der Waals surface area contributed by atoms with Crippen LogP contribution >= 0.6 is 0 Å². The van der Waals surface area contributed by atoms with E-state index < -0.39 is 6.36 Å². The Morgan fingerprint density at radius 1 is 1.11 bits per heavy atom. The summed E-state index contributed by atoms with van der Waals surface area (Å²) in [6.45, 7) is 0. The summed E-state index contributed by atoms with van der Waals surface area (Å²) in [5.74, 6) is 0.320. The molecule has 1 aromatic rings. The number of halogens is 3. The molecule has 1 fully saturated rings. The van der Waals surface area contributed by atoms with Crippen molar-refractivity contribution in [2.75, 3.05) is 7.05 Å². The molecule has 0 spiro atoms. The van der Waals surface area contributed by atoms with Gasteiger partial charge in [-0.3, -0.25) is 0 Å². The summed E-state index contributed by atoms with van der Waals surface area (Å²) < 4.78 is 45.2. The molecule has 1 aliphatic rings. The van der Waals surface area contributed by atoms with Crippen LogP contribution < -0.4 is 14.8 Å². The molecule has 0 heterocycles. The normalized spacial score (nSPS) is 23.3. The molecule has 1 saturated carbocycles. The minimum Gasteiger partial charge on any atom is -0.490 e. The standard InChI is InChI=1S/C12H14F3NO2/c1-16-8-6-11(7-8)17-9-2-4-10(5-3-9)18-12(13,14)15/h2-5,8,11,16H,6-7H2,1H3. The molecule has 3 nitrogen and oxygen atoms in total. The smallest absolute Gasteiger partial charge is 0.490 e. The quantitative estimate of drug-likeness (QED) is 0.904. The van der Waals surface area contributed by atoms with Crippen molar-refractivity contribution < 1.29 is 22.6 Å². The van der Waals surface area contributed by atoms with Gasteiger partial charge in [0.25, 0.3) is 0 Å². The first-order valence-electron chi connectivity index (χ1n) is 5.66. The number of hydrogen-bond acceptors (Lipinski definition) is 3. The Bertz CT molecular complexity index is 385. The second-order valence-corrected chi connectivity index (χ2v) is 4.22. The summed E-state index contributed by atoms with van der Waals surface area (Å²) in [6, 6.07) is 5.93. The first-order chi connectivity index (χ1) is 8.46. The van der Waals surface area contributed by atoms with Crippen molar-refractivity contribution in [1.82, 2.24) is 5.32 Å². The van der Waals surface area contributed by atoms with E-state index in [2.05, 4.69) is 10.1 Å². The van der Waals surface area contributed by atoms with E-state index in [-0.39, 0.29) is 11.9 Å². The van der Waals surface area contributed by atoms with Gasteiger partial charge in [0.05, 0.1) is 0 Å². The molecule has 6 heteroatoms. The second kappa shape index (κ2) is 5.06. The molecule has 0 bridgehead atoms. The summed E-state index contributed by atoms with van der Waals surface area (Å²) in [5.41, 5.74) is 0. The van der Waals surface area contributed by atoms with Gasteiger partial charge in [0.2, 0.25) is 0 Å². The average molecular weight is 261 g/mol. The monoisotopic (exact) mass is 261 g/mol. The van der Waals surface area contributed by atoms with Crippen LogP contribution in [0.2, 0.25) is 0 Å². The molecular formula is C12H14F3NO2. The summed E-state index contributed by atoms with van der Waals surface area (Å²) in [4.78, 5) is 0.